The van der Waals surface area contributed by atoms with E-state index in [1.165, 1.54) is 6.33 Å². The van der Waals surface area contributed by atoms with Crippen molar-refractivity contribution in [3.8, 4) is 5.75 Å². The third-order valence-electron chi connectivity index (χ3n) is 4.50. The highest BCUT2D eigenvalue weighted by Crippen LogP contribution is 2.34. The molecule has 1 fully saturated rings. The second-order valence-electron chi connectivity index (χ2n) is 5.88. The Balaban J connectivity index is 1.71. The lowest BCUT2D eigenvalue weighted by atomic mass is 9.81. The van der Waals surface area contributed by atoms with Gasteiger partial charge < -0.3 is 10.1 Å². The van der Waals surface area contributed by atoms with Crippen LogP contribution in [-0.4, -0.2) is 33.2 Å². The zero-order chi connectivity index (χ0) is 16.1. The molecule has 1 amide bonds. The third-order valence-corrected chi connectivity index (χ3v) is 4.50. The molecule has 0 aliphatic heterocycles. The second kappa shape index (κ2) is 6.76. The summed E-state index contributed by atoms with van der Waals surface area (Å²) in [5.74, 6) is 0.790. The number of nitrogens with one attached hydrogen (secondary N) is 1. The van der Waals surface area contributed by atoms with E-state index in [-0.39, 0.29) is 5.91 Å². The summed E-state index contributed by atoms with van der Waals surface area (Å²) in [5, 5.41) is 14.4. The first kappa shape index (κ1) is 15.5. The van der Waals surface area contributed by atoms with E-state index in [9.17, 15) is 4.79 Å². The minimum Gasteiger partial charge on any atom is -0.497 e. The van der Waals surface area contributed by atoms with Gasteiger partial charge in [0.2, 0.25) is 5.91 Å². The van der Waals surface area contributed by atoms with Gasteiger partial charge in [0, 0.05) is 6.54 Å². The van der Waals surface area contributed by atoms with E-state index >= 15 is 0 Å². The maximum absolute atomic E-state index is 12.9. The van der Waals surface area contributed by atoms with Crippen LogP contribution in [0.25, 0.3) is 0 Å². The zero-order valence-corrected chi connectivity index (χ0v) is 13.2. The fourth-order valence-corrected chi connectivity index (χ4v) is 3.14. The number of carbonyl (C=O) groups excluding carboxylic acids is 1. The molecule has 2 aromatic rings. The van der Waals surface area contributed by atoms with Gasteiger partial charge in [0.15, 0.2) is 0 Å². The second-order valence-corrected chi connectivity index (χ2v) is 5.88. The lowest BCUT2D eigenvalue weighted by molar-refractivity contribution is -0.132. The van der Waals surface area contributed by atoms with Crippen molar-refractivity contribution in [2.24, 2.45) is 0 Å². The number of ether oxygens (including phenoxy) is 1. The Morgan fingerprint density at radius 3 is 2.61 bits per heavy atom. The number of carbonyl (C=O) groups is 1. The molecule has 1 aromatic carbocycles. The van der Waals surface area contributed by atoms with Crippen LogP contribution in [-0.2, 0) is 16.9 Å². The molecule has 1 N–H and O–H groups in total. The van der Waals surface area contributed by atoms with E-state index in [2.05, 4.69) is 20.8 Å². The molecule has 1 aromatic heterocycles. The largest absolute Gasteiger partial charge is 0.497 e. The summed E-state index contributed by atoms with van der Waals surface area (Å²) >= 11 is 0. The molecule has 0 unspecified atom stereocenters. The van der Waals surface area contributed by atoms with Crippen molar-refractivity contribution in [3.05, 3.63) is 36.2 Å². The SMILES string of the molecule is COc1ccc(CNC(=O)C2(n3cnnn3)CCCCC2)cc1. The summed E-state index contributed by atoms with van der Waals surface area (Å²) in [6.45, 7) is 0.479. The highest BCUT2D eigenvalue weighted by Gasteiger charge is 2.42. The van der Waals surface area contributed by atoms with Crippen LogP contribution in [0.1, 0.15) is 37.7 Å². The van der Waals surface area contributed by atoms with Crippen LogP contribution < -0.4 is 10.1 Å². The molecular weight excluding hydrogens is 294 g/mol. The minimum absolute atomic E-state index is 0.0136. The standard InChI is InChI=1S/C16H21N5O2/c1-23-14-7-5-13(6-8-14)11-17-15(22)16(9-3-2-4-10-16)21-12-18-19-20-21/h5-8,12H,2-4,9-11H2,1H3,(H,17,22). The Bertz CT molecular complexity index is 633. The lowest BCUT2D eigenvalue weighted by Gasteiger charge is -2.35. The summed E-state index contributed by atoms with van der Waals surface area (Å²) in [7, 11) is 1.63. The molecular formula is C16H21N5O2. The number of rotatable bonds is 5. The predicted molar refractivity (Wildman–Crippen MR) is 83.7 cm³/mol. The molecule has 1 saturated carbocycles. The van der Waals surface area contributed by atoms with Crippen LogP contribution in [0.4, 0.5) is 0 Å². The lowest BCUT2D eigenvalue weighted by Crippen LogP contribution is -2.50. The Labute approximate surface area is 135 Å². The van der Waals surface area contributed by atoms with E-state index in [1.807, 2.05) is 24.3 Å². The number of tetrazole rings is 1. The summed E-state index contributed by atoms with van der Waals surface area (Å²) in [6.07, 6.45) is 6.25. The molecule has 122 valence electrons. The molecule has 1 aliphatic carbocycles. The van der Waals surface area contributed by atoms with Gasteiger partial charge in [-0.25, -0.2) is 4.68 Å². The topological polar surface area (TPSA) is 81.9 Å². The average Bonchev–Trinajstić information content (AvgIpc) is 3.16. The monoisotopic (exact) mass is 315 g/mol. The van der Waals surface area contributed by atoms with Gasteiger partial charge in [-0.3, -0.25) is 4.79 Å². The highest BCUT2D eigenvalue weighted by molar-refractivity contribution is 5.84. The molecule has 0 spiro atoms. The fraction of sp³-hybridized carbons (Fsp3) is 0.500. The van der Waals surface area contributed by atoms with Crippen molar-refractivity contribution in [2.75, 3.05) is 7.11 Å². The fourth-order valence-electron chi connectivity index (χ4n) is 3.14. The van der Waals surface area contributed by atoms with E-state index < -0.39 is 5.54 Å². The number of aromatic nitrogens is 4. The van der Waals surface area contributed by atoms with Gasteiger partial charge in [0.05, 0.1) is 7.11 Å². The molecule has 7 heteroatoms. The van der Waals surface area contributed by atoms with Crippen LogP contribution in [0.5, 0.6) is 5.75 Å². The zero-order valence-electron chi connectivity index (χ0n) is 13.2. The van der Waals surface area contributed by atoms with Gasteiger partial charge in [-0.15, -0.1) is 5.10 Å². The van der Waals surface area contributed by atoms with Gasteiger partial charge in [0.25, 0.3) is 0 Å². The average molecular weight is 315 g/mol. The van der Waals surface area contributed by atoms with Gasteiger partial charge in [0.1, 0.15) is 17.6 Å². The van der Waals surface area contributed by atoms with Crippen molar-refractivity contribution < 1.29 is 9.53 Å². The van der Waals surface area contributed by atoms with E-state index in [1.54, 1.807) is 11.8 Å². The van der Waals surface area contributed by atoms with Gasteiger partial charge in [-0.2, -0.15) is 0 Å². The number of nitrogens with zero attached hydrogens (tertiary/aromatic N) is 4. The smallest absolute Gasteiger partial charge is 0.248 e. The first-order valence-electron chi connectivity index (χ1n) is 7.89. The van der Waals surface area contributed by atoms with Crippen molar-refractivity contribution in [2.45, 2.75) is 44.2 Å². The molecule has 0 atom stereocenters. The number of hydrogen-bond acceptors (Lipinski definition) is 5. The molecule has 1 heterocycles. The van der Waals surface area contributed by atoms with Crippen molar-refractivity contribution in [3.63, 3.8) is 0 Å². The summed E-state index contributed by atoms with van der Waals surface area (Å²) < 4.78 is 6.76. The first-order chi connectivity index (χ1) is 11.2. The van der Waals surface area contributed by atoms with Gasteiger partial charge in [-0.05, 0) is 41.0 Å². The maximum atomic E-state index is 12.9. The molecule has 0 radical (unpaired) electrons. The maximum Gasteiger partial charge on any atom is 0.248 e. The van der Waals surface area contributed by atoms with E-state index in [0.29, 0.717) is 6.54 Å². The molecule has 3 rings (SSSR count). The minimum atomic E-state index is -0.659. The van der Waals surface area contributed by atoms with Crippen LogP contribution in [0.15, 0.2) is 30.6 Å². The number of benzene rings is 1. The van der Waals surface area contributed by atoms with Crippen LogP contribution in [0.3, 0.4) is 0 Å². The van der Waals surface area contributed by atoms with Crippen molar-refractivity contribution >= 4 is 5.91 Å². The highest BCUT2D eigenvalue weighted by atomic mass is 16.5. The number of methoxy groups -OCH3 is 1. The Morgan fingerprint density at radius 2 is 2.00 bits per heavy atom. The summed E-state index contributed by atoms with van der Waals surface area (Å²) in [5.41, 5.74) is 0.371. The van der Waals surface area contributed by atoms with Crippen molar-refractivity contribution in [1.29, 1.82) is 0 Å². The molecule has 1 aliphatic rings. The van der Waals surface area contributed by atoms with Crippen molar-refractivity contribution in [1.82, 2.24) is 25.5 Å². The van der Waals surface area contributed by atoms with E-state index in [4.69, 9.17) is 4.74 Å². The number of hydrogen-bond donors (Lipinski definition) is 1. The van der Waals surface area contributed by atoms with Crippen LogP contribution in [0, 0.1) is 0 Å². The molecule has 0 bridgehead atoms. The summed E-state index contributed by atoms with van der Waals surface area (Å²) in [6, 6.07) is 7.67. The number of amides is 1. The predicted octanol–water partition coefficient (Wildman–Crippen LogP) is 1.66. The molecule has 23 heavy (non-hydrogen) atoms. The third kappa shape index (κ3) is 3.18. The Morgan fingerprint density at radius 1 is 1.26 bits per heavy atom. The molecule has 7 nitrogen and oxygen atoms in total. The molecule has 0 saturated heterocycles. The first-order valence-corrected chi connectivity index (χ1v) is 7.89. The van der Waals surface area contributed by atoms with Gasteiger partial charge >= 0.3 is 0 Å². The summed E-state index contributed by atoms with van der Waals surface area (Å²) in [4.78, 5) is 12.9. The van der Waals surface area contributed by atoms with E-state index in [0.717, 1.165) is 43.4 Å². The van der Waals surface area contributed by atoms with Crippen LogP contribution in [0.2, 0.25) is 0 Å². The Hall–Kier alpha value is -2.44. The van der Waals surface area contributed by atoms with Crippen LogP contribution >= 0.6 is 0 Å². The quantitative estimate of drug-likeness (QED) is 0.907. The normalized spacial score (nSPS) is 16.7. The Kier molecular flexibility index (Phi) is 4.55. The van der Waals surface area contributed by atoms with Gasteiger partial charge in [-0.1, -0.05) is 31.4 Å².